The second-order valence-electron chi connectivity index (χ2n) is 2.72. The quantitative estimate of drug-likeness (QED) is 0.641. The molecule has 6 heteroatoms. The fourth-order valence-corrected chi connectivity index (χ4v) is 2.70. The predicted octanol–water partition coefficient (Wildman–Crippen LogP) is 3.15. The number of fused-ring (bicyclic) bond motifs is 1. The lowest BCUT2D eigenvalue weighted by Gasteiger charge is -1.90. The fourth-order valence-electron chi connectivity index (χ4n) is 1.21. The SMILES string of the molecule is Nc1c([N+](=O)[O-])sc2cc(Br)ccc12. The molecule has 0 saturated heterocycles. The summed E-state index contributed by atoms with van der Waals surface area (Å²) >= 11 is 4.39. The minimum absolute atomic E-state index is 0.0121. The van der Waals surface area contributed by atoms with Gasteiger partial charge < -0.3 is 5.73 Å². The van der Waals surface area contributed by atoms with E-state index in [0.29, 0.717) is 0 Å². The lowest BCUT2D eigenvalue weighted by molar-refractivity contribution is -0.379. The monoisotopic (exact) mass is 272 g/mol. The van der Waals surface area contributed by atoms with Crippen molar-refractivity contribution in [2.24, 2.45) is 0 Å². The Hall–Kier alpha value is -1.14. The molecule has 0 saturated carbocycles. The topological polar surface area (TPSA) is 69.2 Å². The molecule has 0 aliphatic carbocycles. The summed E-state index contributed by atoms with van der Waals surface area (Å²) in [5, 5.41) is 11.4. The second-order valence-corrected chi connectivity index (χ2v) is 4.66. The normalized spacial score (nSPS) is 10.6. The summed E-state index contributed by atoms with van der Waals surface area (Å²) in [6, 6.07) is 5.41. The number of hydrogen-bond donors (Lipinski definition) is 1. The molecule has 2 aromatic rings. The molecule has 2 N–H and O–H groups in total. The Morgan fingerprint density at radius 2 is 2.21 bits per heavy atom. The predicted molar refractivity (Wildman–Crippen MR) is 60.6 cm³/mol. The van der Waals surface area contributed by atoms with E-state index < -0.39 is 4.92 Å². The smallest absolute Gasteiger partial charge is 0.348 e. The molecule has 1 aromatic carbocycles. The molecule has 1 aromatic heterocycles. The third kappa shape index (κ3) is 1.36. The fraction of sp³-hybridized carbons (Fsp3) is 0. The van der Waals surface area contributed by atoms with Crippen molar-refractivity contribution >= 4 is 48.0 Å². The Bertz CT molecular complexity index is 523. The van der Waals surface area contributed by atoms with Crippen LogP contribution in [0, 0.1) is 10.1 Å². The summed E-state index contributed by atoms with van der Waals surface area (Å²) in [7, 11) is 0. The first-order valence-corrected chi connectivity index (χ1v) is 5.32. The highest BCUT2D eigenvalue weighted by Gasteiger charge is 2.18. The zero-order valence-corrected chi connectivity index (χ0v) is 9.26. The van der Waals surface area contributed by atoms with Gasteiger partial charge in [0.15, 0.2) is 0 Å². The van der Waals surface area contributed by atoms with Crippen LogP contribution in [0.1, 0.15) is 0 Å². The van der Waals surface area contributed by atoms with Gasteiger partial charge in [-0.25, -0.2) is 0 Å². The first kappa shape index (κ1) is 9.42. The lowest BCUT2D eigenvalue weighted by atomic mass is 10.2. The highest BCUT2D eigenvalue weighted by atomic mass is 79.9. The van der Waals surface area contributed by atoms with Crippen LogP contribution in [0.5, 0.6) is 0 Å². The number of anilines is 1. The number of thiophene rings is 1. The van der Waals surface area contributed by atoms with E-state index in [1.807, 2.05) is 12.1 Å². The number of nitro groups is 1. The summed E-state index contributed by atoms with van der Waals surface area (Å²) in [5.41, 5.74) is 5.90. The van der Waals surface area contributed by atoms with Gasteiger partial charge in [0.05, 0.1) is 4.92 Å². The number of nitrogens with two attached hydrogens (primary N) is 1. The van der Waals surface area contributed by atoms with Gasteiger partial charge in [-0.15, -0.1) is 0 Å². The van der Waals surface area contributed by atoms with E-state index in [4.69, 9.17) is 5.73 Å². The minimum Gasteiger partial charge on any atom is -0.392 e. The number of nitrogen functional groups attached to an aromatic ring is 1. The van der Waals surface area contributed by atoms with Gasteiger partial charge in [0.1, 0.15) is 5.69 Å². The first-order chi connectivity index (χ1) is 6.59. The number of hydrogen-bond acceptors (Lipinski definition) is 4. The molecule has 72 valence electrons. The Morgan fingerprint density at radius 1 is 1.50 bits per heavy atom. The molecule has 0 amide bonds. The van der Waals surface area contributed by atoms with E-state index in [1.165, 1.54) is 0 Å². The van der Waals surface area contributed by atoms with Crippen LogP contribution >= 0.6 is 27.3 Å². The Labute approximate surface area is 91.6 Å². The van der Waals surface area contributed by atoms with Gasteiger partial charge in [-0.2, -0.15) is 0 Å². The molecule has 4 nitrogen and oxygen atoms in total. The van der Waals surface area contributed by atoms with Crippen molar-refractivity contribution in [3.05, 3.63) is 32.8 Å². The largest absolute Gasteiger partial charge is 0.392 e. The number of nitrogens with zero attached hydrogens (tertiary/aromatic N) is 1. The van der Waals surface area contributed by atoms with Gasteiger partial charge >= 0.3 is 5.00 Å². The molecule has 0 aliphatic rings. The molecule has 0 bridgehead atoms. The van der Waals surface area contributed by atoms with E-state index in [9.17, 15) is 10.1 Å². The Kier molecular flexibility index (Phi) is 2.16. The van der Waals surface area contributed by atoms with Crippen molar-refractivity contribution in [2.75, 3.05) is 5.73 Å². The zero-order valence-electron chi connectivity index (χ0n) is 6.86. The molecule has 0 atom stereocenters. The molecule has 0 fully saturated rings. The van der Waals surface area contributed by atoms with Crippen LogP contribution in [-0.4, -0.2) is 4.92 Å². The van der Waals surface area contributed by atoms with Crippen molar-refractivity contribution in [1.29, 1.82) is 0 Å². The third-order valence-corrected chi connectivity index (χ3v) is 3.45. The molecule has 0 spiro atoms. The van der Waals surface area contributed by atoms with E-state index in [-0.39, 0.29) is 10.7 Å². The van der Waals surface area contributed by atoms with Crippen molar-refractivity contribution < 1.29 is 4.92 Å². The number of rotatable bonds is 1. The lowest BCUT2D eigenvalue weighted by Crippen LogP contribution is -1.90. The van der Waals surface area contributed by atoms with Gasteiger partial charge in [0.2, 0.25) is 0 Å². The van der Waals surface area contributed by atoms with Crippen LogP contribution in [0.3, 0.4) is 0 Å². The maximum Gasteiger partial charge on any atom is 0.348 e. The van der Waals surface area contributed by atoms with Crippen molar-refractivity contribution in [1.82, 2.24) is 0 Å². The molecule has 14 heavy (non-hydrogen) atoms. The molecule has 2 rings (SSSR count). The molecular weight excluding hydrogens is 268 g/mol. The van der Waals surface area contributed by atoms with Crippen LogP contribution in [0.2, 0.25) is 0 Å². The third-order valence-electron chi connectivity index (χ3n) is 1.84. The highest BCUT2D eigenvalue weighted by Crippen LogP contribution is 2.40. The van der Waals surface area contributed by atoms with E-state index >= 15 is 0 Å². The Balaban J connectivity index is 2.79. The summed E-state index contributed by atoms with van der Waals surface area (Å²) < 4.78 is 1.71. The molecular formula is C8H5BrN2O2S. The van der Waals surface area contributed by atoms with Gasteiger partial charge in [0.25, 0.3) is 0 Å². The summed E-state index contributed by atoms with van der Waals surface area (Å²) in [5.74, 6) is 0. The number of benzene rings is 1. The van der Waals surface area contributed by atoms with Crippen LogP contribution in [0.15, 0.2) is 22.7 Å². The van der Waals surface area contributed by atoms with Crippen molar-refractivity contribution in [3.8, 4) is 0 Å². The Morgan fingerprint density at radius 3 is 2.86 bits per heavy atom. The first-order valence-electron chi connectivity index (χ1n) is 3.71. The number of halogens is 1. The van der Waals surface area contributed by atoms with E-state index in [2.05, 4.69) is 15.9 Å². The van der Waals surface area contributed by atoms with Gasteiger partial charge in [-0.05, 0) is 12.1 Å². The molecule has 0 unspecified atom stereocenters. The van der Waals surface area contributed by atoms with Gasteiger partial charge in [-0.1, -0.05) is 33.3 Å². The second kappa shape index (κ2) is 3.21. The zero-order chi connectivity index (χ0) is 10.3. The van der Waals surface area contributed by atoms with Crippen LogP contribution in [0.4, 0.5) is 10.7 Å². The summed E-state index contributed by atoms with van der Waals surface area (Å²) in [4.78, 5) is 10.2. The molecule has 0 radical (unpaired) electrons. The molecule has 1 heterocycles. The van der Waals surface area contributed by atoms with Crippen molar-refractivity contribution in [3.63, 3.8) is 0 Å². The average Bonchev–Trinajstić information content (AvgIpc) is 2.43. The van der Waals surface area contributed by atoms with Gasteiger partial charge in [0, 0.05) is 14.6 Å². The average molecular weight is 273 g/mol. The van der Waals surface area contributed by atoms with Gasteiger partial charge in [-0.3, -0.25) is 10.1 Å². The van der Waals surface area contributed by atoms with E-state index in [1.54, 1.807) is 6.07 Å². The van der Waals surface area contributed by atoms with E-state index in [0.717, 1.165) is 25.9 Å². The standard InChI is InChI=1S/C8H5BrN2O2S/c9-4-1-2-5-6(3-4)14-8(7(5)10)11(12)13/h1-3H,10H2. The highest BCUT2D eigenvalue weighted by molar-refractivity contribution is 9.10. The molecule has 0 aliphatic heterocycles. The minimum atomic E-state index is -0.450. The maximum absolute atomic E-state index is 10.6. The summed E-state index contributed by atoms with van der Waals surface area (Å²) in [6.07, 6.45) is 0. The summed E-state index contributed by atoms with van der Waals surface area (Å²) in [6.45, 7) is 0. The van der Waals surface area contributed by atoms with Crippen LogP contribution in [-0.2, 0) is 0 Å². The van der Waals surface area contributed by atoms with Crippen LogP contribution in [0.25, 0.3) is 10.1 Å². The maximum atomic E-state index is 10.6. The van der Waals surface area contributed by atoms with Crippen LogP contribution < -0.4 is 5.73 Å². The van der Waals surface area contributed by atoms with Crippen molar-refractivity contribution in [2.45, 2.75) is 0 Å².